The van der Waals surface area contributed by atoms with Crippen molar-refractivity contribution in [3.05, 3.63) is 29.8 Å². The molecule has 0 heterocycles. The van der Waals surface area contributed by atoms with Gasteiger partial charge in [0.1, 0.15) is 5.75 Å². The Balaban J connectivity index is 2.92. The minimum absolute atomic E-state index is 0.179. The van der Waals surface area contributed by atoms with Crippen LogP contribution in [0.15, 0.2) is 24.3 Å². The molecule has 1 N–H and O–H groups in total. The van der Waals surface area contributed by atoms with E-state index in [-0.39, 0.29) is 12.1 Å². The highest BCUT2D eigenvalue weighted by molar-refractivity contribution is 5.30. The third-order valence-electron chi connectivity index (χ3n) is 3.32. The van der Waals surface area contributed by atoms with Crippen LogP contribution in [0.25, 0.3) is 0 Å². The van der Waals surface area contributed by atoms with Gasteiger partial charge in [0, 0.05) is 6.61 Å². The van der Waals surface area contributed by atoms with Crippen LogP contribution >= 0.6 is 0 Å². The second-order valence-corrected chi connectivity index (χ2v) is 5.20. The second-order valence-electron chi connectivity index (χ2n) is 5.20. The molecule has 2 unspecified atom stereocenters. The summed E-state index contributed by atoms with van der Waals surface area (Å²) in [5.41, 5.74) is 1.25. The first-order chi connectivity index (χ1) is 9.63. The minimum Gasteiger partial charge on any atom is -0.494 e. The molecule has 2 atom stereocenters. The lowest BCUT2D eigenvalue weighted by molar-refractivity contribution is 0.00316. The molecular weight excluding hydrogens is 250 g/mol. The van der Waals surface area contributed by atoms with Crippen molar-refractivity contribution in [2.24, 2.45) is 5.92 Å². The molecule has 0 aliphatic rings. The zero-order chi connectivity index (χ0) is 15.0. The van der Waals surface area contributed by atoms with Crippen LogP contribution in [0.3, 0.4) is 0 Å². The highest BCUT2D eigenvalue weighted by Gasteiger charge is 2.25. The number of hydrogen-bond donors (Lipinski definition) is 1. The van der Waals surface area contributed by atoms with Crippen LogP contribution in [0.5, 0.6) is 5.75 Å². The summed E-state index contributed by atoms with van der Waals surface area (Å²) >= 11 is 0. The molecule has 0 fully saturated rings. The van der Waals surface area contributed by atoms with E-state index in [2.05, 4.69) is 45.1 Å². The summed E-state index contributed by atoms with van der Waals surface area (Å²) in [7, 11) is 0. The zero-order valence-corrected chi connectivity index (χ0v) is 13.5. The van der Waals surface area contributed by atoms with Crippen molar-refractivity contribution < 1.29 is 9.47 Å². The smallest absolute Gasteiger partial charge is 0.119 e. The molecule has 3 nitrogen and oxygen atoms in total. The monoisotopic (exact) mass is 279 g/mol. The molecule has 0 saturated carbocycles. The summed E-state index contributed by atoms with van der Waals surface area (Å²) in [6.07, 6.45) is 0.179. The lowest BCUT2D eigenvalue weighted by Crippen LogP contribution is -2.37. The summed E-state index contributed by atoms with van der Waals surface area (Å²) in [6, 6.07) is 8.55. The zero-order valence-electron chi connectivity index (χ0n) is 13.5. The molecule has 20 heavy (non-hydrogen) atoms. The molecule has 0 radical (unpaired) electrons. The van der Waals surface area contributed by atoms with Gasteiger partial charge in [-0.2, -0.15) is 0 Å². The Morgan fingerprint density at radius 3 is 2.10 bits per heavy atom. The van der Waals surface area contributed by atoms with Gasteiger partial charge in [0.25, 0.3) is 0 Å². The largest absolute Gasteiger partial charge is 0.494 e. The van der Waals surface area contributed by atoms with Gasteiger partial charge in [0.15, 0.2) is 0 Å². The average molecular weight is 279 g/mol. The first-order valence-corrected chi connectivity index (χ1v) is 7.71. The van der Waals surface area contributed by atoms with Crippen LogP contribution in [-0.4, -0.2) is 25.9 Å². The molecule has 1 rings (SSSR count). The van der Waals surface area contributed by atoms with Crippen molar-refractivity contribution in [1.82, 2.24) is 5.32 Å². The lowest BCUT2D eigenvalue weighted by Gasteiger charge is -2.31. The molecule has 1 aromatic rings. The lowest BCUT2D eigenvalue weighted by atomic mass is 9.93. The normalized spacial score (nSPS) is 14.3. The maximum atomic E-state index is 5.96. The molecule has 3 heteroatoms. The third kappa shape index (κ3) is 4.80. The highest BCUT2D eigenvalue weighted by Crippen LogP contribution is 2.26. The van der Waals surface area contributed by atoms with E-state index >= 15 is 0 Å². The molecule has 0 spiro atoms. The fourth-order valence-corrected chi connectivity index (χ4v) is 2.45. The first-order valence-electron chi connectivity index (χ1n) is 7.71. The van der Waals surface area contributed by atoms with E-state index in [1.54, 1.807) is 0 Å². The van der Waals surface area contributed by atoms with Gasteiger partial charge in [0.2, 0.25) is 0 Å². The number of likely N-dealkylation sites (N-methyl/N-ethyl adjacent to an activating group) is 1. The third-order valence-corrected chi connectivity index (χ3v) is 3.32. The number of hydrogen-bond acceptors (Lipinski definition) is 3. The van der Waals surface area contributed by atoms with Crippen LogP contribution in [-0.2, 0) is 4.74 Å². The van der Waals surface area contributed by atoms with Gasteiger partial charge >= 0.3 is 0 Å². The Labute approximate surface area is 123 Å². The van der Waals surface area contributed by atoms with Crippen molar-refractivity contribution in [3.8, 4) is 5.75 Å². The SMILES string of the molecule is CCNC(c1ccc(OCC)cc1)C(OCC)C(C)C. The van der Waals surface area contributed by atoms with E-state index in [0.717, 1.165) is 18.9 Å². The molecular formula is C17H29NO2. The second kappa shape index (κ2) is 8.98. The maximum Gasteiger partial charge on any atom is 0.119 e. The Hall–Kier alpha value is -1.06. The van der Waals surface area contributed by atoms with Gasteiger partial charge < -0.3 is 14.8 Å². The quantitative estimate of drug-likeness (QED) is 0.746. The van der Waals surface area contributed by atoms with Crippen molar-refractivity contribution in [3.63, 3.8) is 0 Å². The van der Waals surface area contributed by atoms with Gasteiger partial charge in [-0.15, -0.1) is 0 Å². The van der Waals surface area contributed by atoms with Crippen molar-refractivity contribution in [1.29, 1.82) is 0 Å². The standard InChI is InChI=1S/C17H29NO2/c1-6-18-16(17(13(4)5)20-8-3)14-9-11-15(12-10-14)19-7-2/h9-13,16-18H,6-8H2,1-5H3. The van der Waals surface area contributed by atoms with Gasteiger partial charge in [-0.3, -0.25) is 0 Å². The topological polar surface area (TPSA) is 30.5 Å². The predicted molar refractivity (Wildman–Crippen MR) is 84.3 cm³/mol. The van der Waals surface area contributed by atoms with E-state index in [4.69, 9.17) is 9.47 Å². The number of benzene rings is 1. The molecule has 114 valence electrons. The molecule has 0 saturated heterocycles. The van der Waals surface area contributed by atoms with Gasteiger partial charge in [-0.05, 0) is 44.0 Å². The molecule has 0 amide bonds. The molecule has 0 aromatic heterocycles. The van der Waals surface area contributed by atoms with Gasteiger partial charge in [-0.25, -0.2) is 0 Å². The van der Waals surface area contributed by atoms with E-state index in [1.807, 2.05) is 19.1 Å². The molecule has 0 bridgehead atoms. The van der Waals surface area contributed by atoms with Gasteiger partial charge in [0.05, 0.1) is 18.8 Å². The van der Waals surface area contributed by atoms with Crippen molar-refractivity contribution in [2.75, 3.05) is 19.8 Å². The van der Waals surface area contributed by atoms with E-state index in [9.17, 15) is 0 Å². The number of rotatable bonds is 9. The summed E-state index contributed by atoms with van der Waals surface area (Å²) in [5.74, 6) is 1.38. The Morgan fingerprint density at radius 2 is 1.65 bits per heavy atom. The van der Waals surface area contributed by atoms with E-state index < -0.39 is 0 Å². The van der Waals surface area contributed by atoms with Crippen LogP contribution in [0.2, 0.25) is 0 Å². The fourth-order valence-electron chi connectivity index (χ4n) is 2.45. The first kappa shape index (κ1) is 17.0. The molecule has 0 aliphatic heterocycles. The summed E-state index contributed by atoms with van der Waals surface area (Å²) in [6.45, 7) is 13.0. The van der Waals surface area contributed by atoms with Gasteiger partial charge in [-0.1, -0.05) is 32.9 Å². The van der Waals surface area contributed by atoms with Crippen molar-refractivity contribution in [2.45, 2.75) is 46.8 Å². The maximum absolute atomic E-state index is 5.96. The number of ether oxygens (including phenoxy) is 2. The summed E-state index contributed by atoms with van der Waals surface area (Å²) in [4.78, 5) is 0. The van der Waals surface area contributed by atoms with Crippen LogP contribution in [0.1, 0.15) is 46.2 Å². The Kier molecular flexibility index (Phi) is 7.63. The summed E-state index contributed by atoms with van der Waals surface area (Å²) in [5, 5.41) is 3.55. The predicted octanol–water partition coefficient (Wildman–Crippen LogP) is 3.80. The van der Waals surface area contributed by atoms with Crippen LogP contribution in [0.4, 0.5) is 0 Å². The van der Waals surface area contributed by atoms with Crippen LogP contribution < -0.4 is 10.1 Å². The Bertz CT molecular complexity index is 362. The minimum atomic E-state index is 0.179. The molecule has 0 aliphatic carbocycles. The number of nitrogens with one attached hydrogen (secondary N) is 1. The molecule has 1 aromatic carbocycles. The van der Waals surface area contributed by atoms with E-state index in [0.29, 0.717) is 12.5 Å². The van der Waals surface area contributed by atoms with E-state index in [1.165, 1.54) is 5.56 Å². The fraction of sp³-hybridized carbons (Fsp3) is 0.647. The summed E-state index contributed by atoms with van der Waals surface area (Å²) < 4.78 is 11.5. The highest BCUT2D eigenvalue weighted by atomic mass is 16.5. The Morgan fingerprint density at radius 1 is 1.00 bits per heavy atom. The van der Waals surface area contributed by atoms with Crippen LogP contribution in [0, 0.1) is 5.92 Å². The van der Waals surface area contributed by atoms with Crippen molar-refractivity contribution >= 4 is 0 Å². The average Bonchev–Trinajstić information content (AvgIpc) is 2.44.